The fourth-order valence-corrected chi connectivity index (χ4v) is 0.205. The molecule has 0 spiro atoms. The smallest absolute Gasteiger partial charge is 0.268 e. The average molecular weight is 127 g/mol. The average Bonchev–Trinajstić information content (AvgIpc) is 1.86. The van der Waals surface area contributed by atoms with Crippen molar-refractivity contribution in [2.45, 2.75) is 13.8 Å². The van der Waals surface area contributed by atoms with Gasteiger partial charge in [0.15, 0.2) is 0 Å². The molecule has 0 radical (unpaired) electrons. The predicted octanol–water partition coefficient (Wildman–Crippen LogP) is 1.49. The molecular formula is C6H9NO2. The highest BCUT2D eigenvalue weighted by Crippen LogP contribution is 2.17. The number of amides is 1. The Morgan fingerprint density at radius 1 is 1.67 bits per heavy atom. The minimum atomic E-state index is -0.804. The van der Waals surface area contributed by atoms with E-state index in [1.165, 1.54) is 6.08 Å². The lowest BCUT2D eigenvalue weighted by molar-refractivity contribution is -0.123. The van der Waals surface area contributed by atoms with Crippen molar-refractivity contribution in [1.82, 2.24) is 0 Å². The van der Waals surface area contributed by atoms with E-state index in [0.717, 1.165) is 0 Å². The van der Waals surface area contributed by atoms with E-state index in [2.05, 4.69) is 11.8 Å². The maximum absolute atomic E-state index is 10.5. The van der Waals surface area contributed by atoms with Gasteiger partial charge in [0, 0.05) is 5.18 Å². The van der Waals surface area contributed by atoms with Crippen LogP contribution in [-0.4, -0.2) is 5.91 Å². The van der Waals surface area contributed by atoms with E-state index in [9.17, 15) is 9.70 Å². The van der Waals surface area contributed by atoms with E-state index in [-0.39, 0.29) is 0 Å². The van der Waals surface area contributed by atoms with Gasteiger partial charge in [-0.15, -0.1) is 11.5 Å². The monoisotopic (exact) mass is 127 g/mol. The Morgan fingerprint density at radius 2 is 2.11 bits per heavy atom. The van der Waals surface area contributed by atoms with Gasteiger partial charge in [-0.3, -0.25) is 4.79 Å². The van der Waals surface area contributed by atoms with Crippen molar-refractivity contribution in [3.63, 3.8) is 0 Å². The summed E-state index contributed by atoms with van der Waals surface area (Å²) in [7, 11) is 0. The second-order valence-electron chi connectivity index (χ2n) is 2.32. The summed E-state index contributed by atoms with van der Waals surface area (Å²) in [5, 5.41) is 2.27. The maximum Gasteiger partial charge on any atom is 0.295 e. The number of nitroso groups, excluding NO2 is 1. The lowest BCUT2D eigenvalue weighted by Gasteiger charge is -2.10. The highest BCUT2D eigenvalue weighted by Gasteiger charge is 2.23. The third-order valence-corrected chi connectivity index (χ3v) is 1.14. The van der Waals surface area contributed by atoms with E-state index in [1.54, 1.807) is 13.8 Å². The first-order valence-electron chi connectivity index (χ1n) is 2.56. The lowest BCUT2D eigenvalue weighted by atomic mass is 9.93. The van der Waals surface area contributed by atoms with Crippen LogP contribution in [0.15, 0.2) is 17.8 Å². The van der Waals surface area contributed by atoms with Crippen LogP contribution in [0, 0.1) is 10.3 Å². The van der Waals surface area contributed by atoms with E-state index in [0.29, 0.717) is 0 Å². The standard InChI is InChI=1S/C6H9NO2/c1-4-6(2,3)5(8)7-9/h4H,1H2,2-3H3. The Morgan fingerprint density at radius 3 is 2.22 bits per heavy atom. The molecule has 0 bridgehead atoms. The molecule has 0 unspecified atom stereocenters. The zero-order valence-electron chi connectivity index (χ0n) is 5.55. The SMILES string of the molecule is C=CC(C)(C)C(=O)N=O. The quantitative estimate of drug-likeness (QED) is 0.416. The largest absolute Gasteiger partial charge is 0.295 e. The lowest BCUT2D eigenvalue weighted by Crippen LogP contribution is -2.18. The fourth-order valence-electron chi connectivity index (χ4n) is 0.205. The van der Waals surface area contributed by atoms with E-state index < -0.39 is 11.3 Å². The van der Waals surface area contributed by atoms with Crippen molar-refractivity contribution in [2.24, 2.45) is 10.6 Å². The first kappa shape index (κ1) is 8.01. The summed E-state index contributed by atoms with van der Waals surface area (Å²) in [6.07, 6.45) is 1.40. The normalized spacial score (nSPS) is 10.4. The highest BCUT2D eigenvalue weighted by atomic mass is 16.3. The van der Waals surface area contributed by atoms with Crippen LogP contribution >= 0.6 is 0 Å². The maximum atomic E-state index is 10.5. The second-order valence-corrected chi connectivity index (χ2v) is 2.32. The first-order valence-corrected chi connectivity index (χ1v) is 2.56. The summed E-state index contributed by atoms with van der Waals surface area (Å²) in [6, 6.07) is 0. The Balaban J connectivity index is 4.31. The minimum Gasteiger partial charge on any atom is -0.268 e. The molecule has 0 rings (SSSR count). The predicted molar refractivity (Wildman–Crippen MR) is 34.8 cm³/mol. The van der Waals surface area contributed by atoms with Gasteiger partial charge in [0.1, 0.15) is 0 Å². The molecular weight excluding hydrogens is 118 g/mol. The van der Waals surface area contributed by atoms with Gasteiger partial charge in [-0.2, -0.15) is 0 Å². The summed E-state index contributed by atoms with van der Waals surface area (Å²) >= 11 is 0. The van der Waals surface area contributed by atoms with Gasteiger partial charge in [0.05, 0.1) is 5.41 Å². The fraction of sp³-hybridized carbons (Fsp3) is 0.500. The first-order chi connectivity index (χ1) is 4.04. The molecule has 9 heavy (non-hydrogen) atoms. The number of hydrogen-bond acceptors (Lipinski definition) is 2. The van der Waals surface area contributed by atoms with Crippen molar-refractivity contribution >= 4 is 5.91 Å². The Hall–Kier alpha value is -0.990. The molecule has 0 heterocycles. The molecule has 0 atom stereocenters. The van der Waals surface area contributed by atoms with Gasteiger partial charge < -0.3 is 0 Å². The van der Waals surface area contributed by atoms with Crippen LogP contribution in [0.3, 0.4) is 0 Å². The van der Waals surface area contributed by atoms with Crippen LogP contribution in [0.25, 0.3) is 0 Å². The number of carbonyl (C=O) groups excluding carboxylic acids is 1. The summed E-state index contributed by atoms with van der Waals surface area (Å²) in [4.78, 5) is 20.2. The minimum absolute atomic E-state index is 0.683. The molecule has 0 aromatic carbocycles. The summed E-state index contributed by atoms with van der Waals surface area (Å²) in [5.74, 6) is -0.683. The van der Waals surface area contributed by atoms with E-state index >= 15 is 0 Å². The van der Waals surface area contributed by atoms with Crippen LogP contribution in [0.5, 0.6) is 0 Å². The van der Waals surface area contributed by atoms with Crippen LogP contribution in [0.2, 0.25) is 0 Å². The Bertz CT molecular complexity index is 149. The number of nitrogens with zero attached hydrogens (tertiary/aromatic N) is 1. The topological polar surface area (TPSA) is 46.5 Å². The van der Waals surface area contributed by atoms with Crippen molar-refractivity contribution in [3.8, 4) is 0 Å². The third kappa shape index (κ3) is 1.76. The molecule has 0 fully saturated rings. The van der Waals surface area contributed by atoms with Crippen LogP contribution in [0.1, 0.15) is 13.8 Å². The van der Waals surface area contributed by atoms with Gasteiger partial charge >= 0.3 is 0 Å². The molecule has 1 amide bonds. The molecule has 50 valence electrons. The van der Waals surface area contributed by atoms with Crippen molar-refractivity contribution < 1.29 is 4.79 Å². The third-order valence-electron chi connectivity index (χ3n) is 1.14. The molecule has 0 aromatic rings. The molecule has 0 aliphatic rings. The van der Waals surface area contributed by atoms with Crippen LogP contribution < -0.4 is 0 Å². The van der Waals surface area contributed by atoms with E-state index in [4.69, 9.17) is 0 Å². The van der Waals surface area contributed by atoms with Crippen molar-refractivity contribution in [3.05, 3.63) is 17.6 Å². The van der Waals surface area contributed by atoms with Gasteiger partial charge in [0.2, 0.25) is 0 Å². The highest BCUT2D eigenvalue weighted by molar-refractivity contribution is 5.84. The molecule has 3 nitrogen and oxygen atoms in total. The molecule has 0 aromatic heterocycles. The Kier molecular flexibility index (Phi) is 2.25. The summed E-state index contributed by atoms with van der Waals surface area (Å²) in [6.45, 7) is 6.56. The van der Waals surface area contributed by atoms with Gasteiger partial charge in [-0.25, -0.2) is 0 Å². The molecule has 0 saturated carbocycles. The van der Waals surface area contributed by atoms with Crippen LogP contribution in [0.4, 0.5) is 0 Å². The second kappa shape index (κ2) is 2.53. The van der Waals surface area contributed by atoms with Gasteiger partial charge in [-0.05, 0) is 13.8 Å². The molecule has 0 aliphatic carbocycles. The molecule has 0 aliphatic heterocycles. The molecule has 0 N–H and O–H groups in total. The van der Waals surface area contributed by atoms with Crippen molar-refractivity contribution in [2.75, 3.05) is 0 Å². The van der Waals surface area contributed by atoms with Crippen molar-refractivity contribution in [1.29, 1.82) is 0 Å². The summed E-state index contributed by atoms with van der Waals surface area (Å²) < 4.78 is 0. The molecule has 0 saturated heterocycles. The molecule has 3 heteroatoms. The number of hydrogen-bond donors (Lipinski definition) is 0. The van der Waals surface area contributed by atoms with Crippen LogP contribution in [-0.2, 0) is 4.79 Å². The Labute approximate surface area is 53.7 Å². The zero-order chi connectivity index (χ0) is 7.49. The summed E-state index contributed by atoms with van der Waals surface area (Å²) in [5.41, 5.74) is -0.804. The number of rotatable bonds is 2. The van der Waals surface area contributed by atoms with E-state index in [1.807, 2.05) is 0 Å². The zero-order valence-corrected chi connectivity index (χ0v) is 5.55. The van der Waals surface area contributed by atoms with Gasteiger partial charge in [-0.1, -0.05) is 6.08 Å². The van der Waals surface area contributed by atoms with Gasteiger partial charge in [0.25, 0.3) is 5.91 Å². The number of carbonyl (C=O) groups is 1.